The number of allylic oxidation sites excluding steroid dienone is 2. The minimum absolute atomic E-state index is 0.0848. The highest BCUT2D eigenvalue weighted by molar-refractivity contribution is 5.37. The van der Waals surface area contributed by atoms with Crippen molar-refractivity contribution in [3.05, 3.63) is 12.2 Å². The third-order valence-corrected chi connectivity index (χ3v) is 3.83. The molecule has 1 aliphatic heterocycles. The van der Waals surface area contributed by atoms with E-state index in [-0.39, 0.29) is 6.61 Å². The lowest BCUT2D eigenvalue weighted by Gasteiger charge is -2.39. The molecule has 148 valence electrons. The third-order valence-electron chi connectivity index (χ3n) is 3.83. The fourth-order valence-electron chi connectivity index (χ4n) is 2.30. The molecule has 0 aromatic carbocycles. The van der Waals surface area contributed by atoms with Crippen molar-refractivity contribution in [2.45, 2.75) is 63.0 Å². The molecule has 0 aromatic rings. The summed E-state index contributed by atoms with van der Waals surface area (Å²) < 4.78 is 10.5. The maximum Gasteiger partial charge on any atom is 0.186 e. The Labute approximate surface area is 159 Å². The topological polar surface area (TPSA) is 120 Å². The molecule has 1 saturated heterocycles. The third kappa shape index (κ3) is 8.58. The van der Waals surface area contributed by atoms with E-state index < -0.39 is 43.4 Å². The standard InChI is InChI=1S/C20H26O7/c1-2-3-4-5-6-7-8-9-10-11-15(22)12-13-26-20-19(25)18(24)17(23)16(14-21)27-20/h8-9,15-25H,10-14H2,1H3. The SMILES string of the molecule is CC#CC#CC#CC=CCCC(O)CCOC1OC(CO)C(O)C(O)C1O. The summed E-state index contributed by atoms with van der Waals surface area (Å²) in [7, 11) is 0. The van der Waals surface area contributed by atoms with E-state index in [0.29, 0.717) is 19.3 Å². The highest BCUT2D eigenvalue weighted by Gasteiger charge is 2.43. The highest BCUT2D eigenvalue weighted by Crippen LogP contribution is 2.22. The molecule has 7 heteroatoms. The number of aliphatic hydroxyl groups excluding tert-OH is 5. The van der Waals surface area contributed by atoms with E-state index in [0.717, 1.165) is 0 Å². The Bertz CT molecular complexity index is 638. The minimum atomic E-state index is -1.48. The van der Waals surface area contributed by atoms with Crippen molar-refractivity contribution in [2.24, 2.45) is 0 Å². The summed E-state index contributed by atoms with van der Waals surface area (Å²) in [5, 5.41) is 48.2. The second-order valence-corrected chi connectivity index (χ2v) is 5.88. The molecule has 27 heavy (non-hydrogen) atoms. The molecule has 1 rings (SSSR count). The van der Waals surface area contributed by atoms with Gasteiger partial charge in [-0.3, -0.25) is 0 Å². The maximum absolute atomic E-state index is 9.92. The second kappa shape index (κ2) is 13.3. The molecule has 0 bridgehead atoms. The fraction of sp³-hybridized carbons (Fsp3) is 0.600. The van der Waals surface area contributed by atoms with Gasteiger partial charge in [0.1, 0.15) is 24.4 Å². The molecule has 1 aliphatic rings. The fourth-order valence-corrected chi connectivity index (χ4v) is 2.30. The molecule has 0 saturated carbocycles. The first-order chi connectivity index (χ1) is 13.0. The van der Waals surface area contributed by atoms with Crippen molar-refractivity contribution in [2.75, 3.05) is 13.2 Å². The Balaban J connectivity index is 2.25. The van der Waals surface area contributed by atoms with E-state index in [1.165, 1.54) is 0 Å². The van der Waals surface area contributed by atoms with Gasteiger partial charge < -0.3 is 35.0 Å². The summed E-state index contributed by atoms with van der Waals surface area (Å²) >= 11 is 0. The van der Waals surface area contributed by atoms with E-state index in [9.17, 15) is 20.4 Å². The van der Waals surface area contributed by atoms with Crippen LogP contribution in [0, 0.1) is 35.5 Å². The van der Waals surface area contributed by atoms with Gasteiger partial charge in [0, 0.05) is 0 Å². The van der Waals surface area contributed by atoms with Gasteiger partial charge in [0.2, 0.25) is 0 Å². The minimum Gasteiger partial charge on any atom is -0.394 e. The number of hydrogen-bond acceptors (Lipinski definition) is 7. The molecular weight excluding hydrogens is 352 g/mol. The molecule has 5 N–H and O–H groups in total. The Hall–Kier alpha value is -1.86. The van der Waals surface area contributed by atoms with Crippen LogP contribution < -0.4 is 0 Å². The molecular formula is C20H26O7. The first-order valence-corrected chi connectivity index (χ1v) is 8.68. The molecule has 0 radical (unpaired) electrons. The Morgan fingerprint density at radius 1 is 1.04 bits per heavy atom. The lowest BCUT2D eigenvalue weighted by atomic mass is 9.99. The Morgan fingerprint density at radius 3 is 2.48 bits per heavy atom. The lowest BCUT2D eigenvalue weighted by molar-refractivity contribution is -0.301. The summed E-state index contributed by atoms with van der Waals surface area (Å²) in [6.07, 6.45) is -2.24. The molecule has 7 nitrogen and oxygen atoms in total. The molecule has 6 unspecified atom stereocenters. The van der Waals surface area contributed by atoms with Gasteiger partial charge in [0.25, 0.3) is 0 Å². The van der Waals surface area contributed by atoms with E-state index in [1.54, 1.807) is 13.0 Å². The van der Waals surface area contributed by atoms with Crippen LogP contribution in [0.3, 0.4) is 0 Å². The van der Waals surface area contributed by atoms with Crippen LogP contribution in [0.4, 0.5) is 0 Å². The highest BCUT2D eigenvalue weighted by atomic mass is 16.7. The summed E-state index contributed by atoms with van der Waals surface area (Å²) in [5.74, 6) is 15.7. The zero-order valence-corrected chi connectivity index (χ0v) is 15.2. The first kappa shape index (κ1) is 23.2. The summed E-state index contributed by atoms with van der Waals surface area (Å²) in [6, 6.07) is 0. The van der Waals surface area contributed by atoms with Crippen molar-refractivity contribution in [1.82, 2.24) is 0 Å². The van der Waals surface area contributed by atoms with Crippen molar-refractivity contribution in [3.63, 3.8) is 0 Å². The van der Waals surface area contributed by atoms with Gasteiger partial charge in [-0.15, -0.1) is 0 Å². The smallest absolute Gasteiger partial charge is 0.186 e. The van der Waals surface area contributed by atoms with Crippen LogP contribution >= 0.6 is 0 Å². The molecule has 1 heterocycles. The average molecular weight is 378 g/mol. The van der Waals surface area contributed by atoms with Crippen LogP contribution in [-0.4, -0.2) is 75.6 Å². The predicted octanol–water partition coefficient (Wildman–Crippen LogP) is -1.08. The van der Waals surface area contributed by atoms with E-state index in [2.05, 4.69) is 35.5 Å². The van der Waals surface area contributed by atoms with E-state index >= 15 is 0 Å². The van der Waals surface area contributed by atoms with Crippen molar-refractivity contribution >= 4 is 0 Å². The molecule has 0 spiro atoms. The van der Waals surface area contributed by atoms with Crippen molar-refractivity contribution in [3.8, 4) is 35.5 Å². The van der Waals surface area contributed by atoms with Crippen LogP contribution in [0.1, 0.15) is 26.2 Å². The molecule has 1 fully saturated rings. The number of aliphatic hydroxyl groups is 5. The quantitative estimate of drug-likeness (QED) is 0.341. The van der Waals surface area contributed by atoms with Crippen LogP contribution in [0.25, 0.3) is 0 Å². The van der Waals surface area contributed by atoms with Gasteiger partial charge >= 0.3 is 0 Å². The summed E-state index contributed by atoms with van der Waals surface area (Å²) in [5.41, 5.74) is 0. The first-order valence-electron chi connectivity index (χ1n) is 8.68. The largest absolute Gasteiger partial charge is 0.394 e. The Kier molecular flexibility index (Phi) is 11.4. The van der Waals surface area contributed by atoms with Gasteiger partial charge in [-0.25, -0.2) is 0 Å². The predicted molar refractivity (Wildman–Crippen MR) is 97.7 cm³/mol. The molecule has 0 aromatic heterocycles. The van der Waals surface area contributed by atoms with Crippen LogP contribution in [0.5, 0.6) is 0 Å². The zero-order chi connectivity index (χ0) is 20.1. The number of rotatable bonds is 8. The van der Waals surface area contributed by atoms with Gasteiger partial charge in [0.15, 0.2) is 6.29 Å². The second-order valence-electron chi connectivity index (χ2n) is 5.88. The van der Waals surface area contributed by atoms with Gasteiger partial charge in [-0.1, -0.05) is 17.9 Å². The van der Waals surface area contributed by atoms with Crippen molar-refractivity contribution in [1.29, 1.82) is 0 Å². The Morgan fingerprint density at radius 2 is 1.78 bits per heavy atom. The number of ether oxygens (including phenoxy) is 2. The monoisotopic (exact) mass is 378 g/mol. The maximum atomic E-state index is 9.92. The van der Waals surface area contributed by atoms with E-state index in [1.807, 2.05) is 6.08 Å². The van der Waals surface area contributed by atoms with Gasteiger partial charge in [-0.05, 0) is 55.9 Å². The van der Waals surface area contributed by atoms with Crippen molar-refractivity contribution < 1.29 is 35.0 Å². The molecule has 0 amide bonds. The summed E-state index contributed by atoms with van der Waals surface area (Å²) in [6.45, 7) is 1.27. The summed E-state index contributed by atoms with van der Waals surface area (Å²) in [4.78, 5) is 0. The molecule has 0 aliphatic carbocycles. The average Bonchev–Trinajstić information content (AvgIpc) is 2.66. The zero-order valence-electron chi connectivity index (χ0n) is 15.2. The van der Waals surface area contributed by atoms with Crippen LogP contribution in [0.15, 0.2) is 12.2 Å². The lowest BCUT2D eigenvalue weighted by Crippen LogP contribution is -2.59. The van der Waals surface area contributed by atoms with Crippen LogP contribution in [-0.2, 0) is 9.47 Å². The molecule has 6 atom stereocenters. The van der Waals surface area contributed by atoms with E-state index in [4.69, 9.17) is 14.6 Å². The van der Waals surface area contributed by atoms with Crippen LogP contribution in [0.2, 0.25) is 0 Å². The number of hydrogen-bond donors (Lipinski definition) is 5. The normalized spacial score (nSPS) is 28.3. The van der Waals surface area contributed by atoms with Gasteiger partial charge in [-0.2, -0.15) is 0 Å². The van der Waals surface area contributed by atoms with Gasteiger partial charge in [0.05, 0.1) is 19.3 Å².